The van der Waals surface area contributed by atoms with E-state index in [-0.39, 0.29) is 103 Å². The van der Waals surface area contributed by atoms with E-state index in [1.807, 2.05) is 39.0 Å². The number of hydrogen-bond acceptors (Lipinski definition) is 15. The van der Waals surface area contributed by atoms with Crippen LogP contribution in [0.2, 0.25) is 0 Å². The van der Waals surface area contributed by atoms with Crippen LogP contribution >= 0.6 is 0 Å². The summed E-state index contributed by atoms with van der Waals surface area (Å²) in [5.41, 5.74) is 2.63. The van der Waals surface area contributed by atoms with Gasteiger partial charge in [0, 0.05) is 16.7 Å². The van der Waals surface area contributed by atoms with Crippen LogP contribution in [-0.4, -0.2) is 140 Å². The highest BCUT2D eigenvalue weighted by Crippen LogP contribution is 2.34. The largest absolute Gasteiger partial charge is 0.455 e. The molecular weight excluding hydrogens is 1610 g/mol. The van der Waals surface area contributed by atoms with E-state index >= 15 is 0 Å². The first-order chi connectivity index (χ1) is 63.0. The second kappa shape index (κ2) is 82.4. The van der Waals surface area contributed by atoms with Gasteiger partial charge in [-0.3, -0.25) is 0 Å². The lowest BCUT2D eigenvalue weighted by Gasteiger charge is -2.22. The van der Waals surface area contributed by atoms with Gasteiger partial charge in [-0.05, 0) is 155 Å². The van der Waals surface area contributed by atoms with Crippen molar-refractivity contribution in [1.82, 2.24) is 0 Å². The minimum Gasteiger partial charge on any atom is -0.455 e. The minimum absolute atomic E-state index is 0.0344. The van der Waals surface area contributed by atoms with Gasteiger partial charge in [-0.15, -0.1) is 0 Å². The van der Waals surface area contributed by atoms with Gasteiger partial charge in [0.15, 0.2) is 0 Å². The molecule has 15 atom stereocenters. The lowest BCUT2D eigenvalue weighted by atomic mass is 10.00. The van der Waals surface area contributed by atoms with Crippen LogP contribution in [-0.2, 0) is 42.8 Å². The Kier molecular flexibility index (Phi) is 75.7. The number of carbonyl (C=O) groups excluding carboxylic acids is 3. The molecule has 0 aromatic rings. The zero-order chi connectivity index (χ0) is 92.9. The summed E-state index contributed by atoms with van der Waals surface area (Å²) in [6.07, 6.45) is 105. The third-order valence-electron chi connectivity index (χ3n) is 29.2. The van der Waals surface area contributed by atoms with Gasteiger partial charge in [0.1, 0.15) is 18.3 Å². The first-order valence-electron chi connectivity index (χ1n) is 56.8. The maximum absolute atomic E-state index is 11.6. The van der Waals surface area contributed by atoms with E-state index in [0.29, 0.717) is 0 Å². The van der Waals surface area contributed by atoms with Crippen molar-refractivity contribution < 1.29 is 73.4 Å². The summed E-state index contributed by atoms with van der Waals surface area (Å²) in [5.74, 6) is -0.333. The van der Waals surface area contributed by atoms with Gasteiger partial charge in [-0.1, -0.05) is 445 Å². The van der Waals surface area contributed by atoms with E-state index in [0.717, 1.165) is 171 Å². The standard InChI is InChI=1S/3C38H70O5/c1-3-4-5-6-7-14-18-21-24-27-34(39)36-29-30-37(43-36)35(40)28-25-22-19-16-13-11-9-8-10-12-15-17-20-23-26-33-31-32(2)42-38(33)41;1-3-4-5-6-7-8-11-15-18-21-24-27-34(39)36-29-30-37(43-36)35(40)28-25-22-19-16-13-10-9-12-14-17-20-23-26-33-31-32(2)42-38(33)41;1-3-4-5-6-7-8-9-10-11-15-18-21-24-27-34(39)36-29-30-37(43-36)35(40)28-25-22-19-16-13-12-14-17-20-23-26-33-31-32(2)42-38(33)41/h3*31-32,34-37,39-40H,3-30H2,1-2H3/t3*32?,34-,35-,36-,37-/m111/s1. The van der Waals surface area contributed by atoms with Crippen molar-refractivity contribution in [3.05, 3.63) is 34.9 Å². The molecule has 129 heavy (non-hydrogen) atoms. The quantitative estimate of drug-likeness (QED) is 0.0189. The van der Waals surface area contributed by atoms with Crippen LogP contribution in [0.25, 0.3) is 0 Å². The summed E-state index contributed by atoms with van der Waals surface area (Å²) in [6.45, 7) is 12.6. The van der Waals surface area contributed by atoms with E-state index in [1.54, 1.807) is 0 Å². The highest BCUT2D eigenvalue weighted by atomic mass is 16.6. The molecule has 3 unspecified atom stereocenters. The Hall–Kier alpha value is -2.73. The number of aliphatic hydroxyl groups excluding tert-OH is 6. The van der Waals surface area contributed by atoms with Crippen molar-refractivity contribution in [2.75, 3.05) is 0 Å². The molecule has 0 radical (unpaired) electrons. The topological polar surface area (TPSA) is 228 Å². The van der Waals surface area contributed by atoms with Gasteiger partial charge < -0.3 is 59.1 Å². The SMILES string of the molecule is CCCCCCCCCCCCCCC[C@@H](O)[C@H]1CC[C@H]([C@H](O)CCCCCCCCCCCCC2=CC(C)OC2=O)O1.CCCCCCCCCCCCC[C@@H](O)[C@H]1CC[C@H]([C@H](O)CCCCCCCCCCCCCCC2=CC(C)OC2=O)O1.CCCCCCCCCCC[C@@H](O)[C@H]1CC[C@H]([C@H](O)CCCCCCCCCCCCCCCCC2=CC(C)OC2=O)O1. The average Bonchev–Trinajstić information content (AvgIpc) is 1.75. The Bertz CT molecular complexity index is 2680. The van der Waals surface area contributed by atoms with E-state index < -0.39 is 6.10 Å². The first kappa shape index (κ1) is 119. The van der Waals surface area contributed by atoms with Gasteiger partial charge in [-0.2, -0.15) is 0 Å². The Morgan fingerprint density at radius 3 is 0.457 bits per heavy atom. The fourth-order valence-corrected chi connectivity index (χ4v) is 20.7. The molecule has 6 aliphatic rings. The molecule has 3 fully saturated rings. The summed E-state index contributed by atoms with van der Waals surface area (Å²) in [6, 6.07) is 0. The second-order valence-electron chi connectivity index (χ2n) is 41.5. The van der Waals surface area contributed by atoms with Crippen molar-refractivity contribution >= 4 is 17.9 Å². The van der Waals surface area contributed by atoms with Crippen molar-refractivity contribution in [2.45, 2.75) is 672 Å². The summed E-state index contributed by atoms with van der Waals surface area (Å²) in [4.78, 5) is 34.8. The van der Waals surface area contributed by atoms with E-state index in [9.17, 15) is 45.0 Å². The molecule has 0 bridgehead atoms. The van der Waals surface area contributed by atoms with Crippen LogP contribution in [0.15, 0.2) is 34.9 Å². The predicted octanol–water partition coefficient (Wildman–Crippen LogP) is 30.9. The van der Waals surface area contributed by atoms with Crippen molar-refractivity contribution in [3.63, 3.8) is 0 Å². The third kappa shape index (κ3) is 62.7. The molecule has 0 spiro atoms. The summed E-state index contributed by atoms with van der Waals surface area (Å²) >= 11 is 0. The normalized spacial score (nSPS) is 21.7. The molecule has 6 N–H and O–H groups in total. The maximum Gasteiger partial charge on any atom is 0.334 e. The van der Waals surface area contributed by atoms with Gasteiger partial charge in [0.05, 0.1) is 73.2 Å². The monoisotopic (exact) mass is 1820 g/mol. The number of esters is 3. The molecule has 15 heteroatoms. The summed E-state index contributed by atoms with van der Waals surface area (Å²) < 4.78 is 33.8. The highest BCUT2D eigenvalue weighted by molar-refractivity contribution is 5.91. The number of ether oxygens (including phenoxy) is 6. The van der Waals surface area contributed by atoms with Crippen LogP contribution in [0.5, 0.6) is 0 Å². The van der Waals surface area contributed by atoms with Gasteiger partial charge in [0.2, 0.25) is 0 Å². The first-order valence-corrected chi connectivity index (χ1v) is 56.8. The lowest BCUT2D eigenvalue weighted by molar-refractivity contribution is -0.140. The molecule has 6 aliphatic heterocycles. The zero-order valence-electron chi connectivity index (χ0n) is 85.1. The molecule has 0 saturated carbocycles. The number of cyclic esters (lactones) is 3. The van der Waals surface area contributed by atoms with Crippen LogP contribution in [0, 0.1) is 0 Å². The number of rotatable bonds is 87. The molecule has 0 aromatic heterocycles. The van der Waals surface area contributed by atoms with Crippen LogP contribution in [0.4, 0.5) is 0 Å². The predicted molar refractivity (Wildman–Crippen MR) is 538 cm³/mol. The number of unbranched alkanes of at least 4 members (excludes halogenated alkanes) is 63. The van der Waals surface area contributed by atoms with E-state index in [2.05, 4.69) is 20.8 Å². The molecular formula is C114H210O15. The molecule has 6 rings (SSSR count). The average molecular weight is 1820 g/mol. The molecule has 0 aromatic carbocycles. The molecule has 3 saturated heterocycles. The summed E-state index contributed by atoms with van der Waals surface area (Å²) in [7, 11) is 0. The third-order valence-corrected chi connectivity index (χ3v) is 29.2. The Morgan fingerprint density at radius 2 is 0.333 bits per heavy atom. The molecule has 756 valence electrons. The van der Waals surface area contributed by atoms with Crippen LogP contribution in [0.1, 0.15) is 581 Å². The fourth-order valence-electron chi connectivity index (χ4n) is 20.7. The van der Waals surface area contributed by atoms with Crippen molar-refractivity contribution in [3.8, 4) is 0 Å². The Balaban J connectivity index is 0.000000405. The number of aliphatic hydroxyl groups is 6. The minimum atomic E-state index is -0.390. The molecule has 0 aliphatic carbocycles. The smallest absolute Gasteiger partial charge is 0.334 e. The van der Waals surface area contributed by atoms with Gasteiger partial charge >= 0.3 is 17.9 Å². The van der Waals surface area contributed by atoms with E-state index in [1.165, 1.54) is 385 Å². The van der Waals surface area contributed by atoms with E-state index in [4.69, 9.17) is 28.4 Å². The fraction of sp³-hybridized carbons (Fsp3) is 0.921. The number of carbonyl (C=O) groups is 3. The van der Waals surface area contributed by atoms with Crippen LogP contribution in [0.3, 0.4) is 0 Å². The summed E-state index contributed by atoms with van der Waals surface area (Å²) in [5, 5.41) is 63.8. The van der Waals surface area contributed by atoms with Gasteiger partial charge in [0.25, 0.3) is 0 Å². The molecule has 0 amide bonds. The lowest BCUT2D eigenvalue weighted by Crippen LogP contribution is -2.31. The second-order valence-corrected chi connectivity index (χ2v) is 41.5. The van der Waals surface area contributed by atoms with Gasteiger partial charge in [-0.25, -0.2) is 14.4 Å². The van der Waals surface area contributed by atoms with Crippen molar-refractivity contribution in [2.24, 2.45) is 0 Å². The molecule has 15 nitrogen and oxygen atoms in total. The maximum atomic E-state index is 11.6. The highest BCUT2D eigenvalue weighted by Gasteiger charge is 2.37. The van der Waals surface area contributed by atoms with Crippen molar-refractivity contribution in [1.29, 1.82) is 0 Å². The Morgan fingerprint density at radius 1 is 0.209 bits per heavy atom. The Labute approximate surface area is 794 Å². The molecule has 6 heterocycles. The van der Waals surface area contributed by atoms with Crippen LogP contribution < -0.4 is 0 Å². The number of hydrogen-bond donors (Lipinski definition) is 6. The zero-order valence-corrected chi connectivity index (χ0v) is 85.1.